The zero-order valence-electron chi connectivity index (χ0n) is 9.26. The number of pyridine rings is 1. The van der Waals surface area contributed by atoms with Crippen molar-refractivity contribution >= 4 is 17.5 Å². The average molecular weight is 257 g/mol. The lowest BCUT2D eigenvalue weighted by Crippen LogP contribution is -2.42. The summed E-state index contributed by atoms with van der Waals surface area (Å²) < 4.78 is 10.5. The molecule has 0 saturated carbocycles. The number of rotatable bonds is 3. The maximum absolute atomic E-state index is 11.7. The summed E-state index contributed by atoms with van der Waals surface area (Å²) in [6, 6.07) is 3.30. The van der Waals surface area contributed by atoms with Crippen molar-refractivity contribution in [1.29, 1.82) is 0 Å². The minimum absolute atomic E-state index is 0.0172. The summed E-state index contributed by atoms with van der Waals surface area (Å²) in [4.78, 5) is 17.3. The lowest BCUT2D eigenvalue weighted by molar-refractivity contribution is -0.137. The Labute approximate surface area is 104 Å². The van der Waals surface area contributed by atoms with Crippen molar-refractivity contribution in [1.82, 2.24) is 9.88 Å². The van der Waals surface area contributed by atoms with Gasteiger partial charge in [0.25, 0.3) is 5.91 Å². The molecule has 0 unspecified atom stereocenters. The number of carbonyl (C=O) groups is 1. The molecule has 1 aromatic heterocycles. The number of halogens is 1. The van der Waals surface area contributed by atoms with Gasteiger partial charge in [0.2, 0.25) is 0 Å². The van der Waals surface area contributed by atoms with E-state index in [1.54, 1.807) is 17.0 Å². The van der Waals surface area contributed by atoms with Gasteiger partial charge in [-0.15, -0.1) is 0 Å². The molecule has 0 N–H and O–H groups in total. The molecule has 2 heterocycles. The van der Waals surface area contributed by atoms with Gasteiger partial charge in [0.15, 0.2) is 6.61 Å². The van der Waals surface area contributed by atoms with Crippen molar-refractivity contribution in [2.24, 2.45) is 0 Å². The summed E-state index contributed by atoms with van der Waals surface area (Å²) in [6.45, 7) is 2.45. The topological polar surface area (TPSA) is 51.7 Å². The maximum atomic E-state index is 11.7. The summed E-state index contributed by atoms with van der Waals surface area (Å²) in [7, 11) is 0. The quantitative estimate of drug-likeness (QED) is 0.757. The highest BCUT2D eigenvalue weighted by Crippen LogP contribution is 2.12. The van der Waals surface area contributed by atoms with Crippen LogP contribution in [-0.2, 0) is 9.53 Å². The highest BCUT2D eigenvalue weighted by molar-refractivity contribution is 6.29. The Morgan fingerprint density at radius 1 is 1.47 bits per heavy atom. The molecule has 1 fully saturated rings. The first-order valence-electron chi connectivity index (χ1n) is 5.35. The van der Waals surface area contributed by atoms with Crippen LogP contribution in [0.2, 0.25) is 5.15 Å². The number of amides is 1. The van der Waals surface area contributed by atoms with E-state index < -0.39 is 0 Å². The molecule has 0 aliphatic carbocycles. The molecule has 17 heavy (non-hydrogen) atoms. The molecule has 1 aliphatic heterocycles. The first-order chi connectivity index (χ1) is 8.25. The second kappa shape index (κ2) is 5.84. The monoisotopic (exact) mass is 256 g/mol. The second-order valence-corrected chi connectivity index (χ2v) is 3.99. The Kier molecular flexibility index (Phi) is 4.17. The Morgan fingerprint density at radius 2 is 2.24 bits per heavy atom. The van der Waals surface area contributed by atoms with Gasteiger partial charge in [-0.1, -0.05) is 11.6 Å². The Balaban J connectivity index is 1.81. The van der Waals surface area contributed by atoms with Crippen molar-refractivity contribution < 1.29 is 14.3 Å². The first-order valence-corrected chi connectivity index (χ1v) is 5.73. The molecule has 0 radical (unpaired) electrons. The van der Waals surface area contributed by atoms with Crippen LogP contribution in [0.15, 0.2) is 18.3 Å². The molecule has 2 rings (SSSR count). The van der Waals surface area contributed by atoms with Crippen LogP contribution in [0.1, 0.15) is 0 Å². The molecule has 1 aromatic rings. The number of hydrogen-bond donors (Lipinski definition) is 0. The highest BCUT2D eigenvalue weighted by Gasteiger charge is 2.16. The van der Waals surface area contributed by atoms with Crippen LogP contribution in [-0.4, -0.2) is 48.7 Å². The molecule has 0 spiro atoms. The maximum Gasteiger partial charge on any atom is 0.260 e. The summed E-state index contributed by atoms with van der Waals surface area (Å²) in [5.41, 5.74) is 0. The Hall–Kier alpha value is -1.33. The molecule has 1 saturated heterocycles. The van der Waals surface area contributed by atoms with Crippen molar-refractivity contribution in [3.05, 3.63) is 23.5 Å². The van der Waals surface area contributed by atoms with Crippen molar-refractivity contribution in [2.75, 3.05) is 32.9 Å². The standard InChI is InChI=1S/C11H13ClN2O3/c12-10-2-1-9(7-13-10)17-8-11(15)14-3-5-16-6-4-14/h1-2,7H,3-6,8H2. The zero-order valence-corrected chi connectivity index (χ0v) is 10.0. The third kappa shape index (κ3) is 3.57. The lowest BCUT2D eigenvalue weighted by Gasteiger charge is -2.26. The minimum Gasteiger partial charge on any atom is -0.482 e. The molecule has 92 valence electrons. The van der Waals surface area contributed by atoms with Gasteiger partial charge in [0, 0.05) is 13.1 Å². The molecule has 1 amide bonds. The van der Waals surface area contributed by atoms with E-state index in [0.29, 0.717) is 37.2 Å². The van der Waals surface area contributed by atoms with E-state index in [2.05, 4.69) is 4.98 Å². The summed E-state index contributed by atoms with van der Waals surface area (Å²) in [5, 5.41) is 0.400. The largest absolute Gasteiger partial charge is 0.482 e. The van der Waals surface area contributed by atoms with Gasteiger partial charge in [0.1, 0.15) is 10.9 Å². The lowest BCUT2D eigenvalue weighted by atomic mass is 10.4. The van der Waals surface area contributed by atoms with Gasteiger partial charge in [0.05, 0.1) is 19.4 Å². The van der Waals surface area contributed by atoms with Crippen LogP contribution in [0.25, 0.3) is 0 Å². The number of ether oxygens (including phenoxy) is 2. The summed E-state index contributed by atoms with van der Waals surface area (Å²) >= 11 is 5.64. The molecule has 0 atom stereocenters. The van der Waals surface area contributed by atoms with Crippen molar-refractivity contribution in [3.63, 3.8) is 0 Å². The number of carbonyl (C=O) groups excluding carboxylic acids is 1. The normalized spacial score (nSPS) is 15.7. The summed E-state index contributed by atoms with van der Waals surface area (Å²) in [6.07, 6.45) is 1.49. The SMILES string of the molecule is O=C(COc1ccc(Cl)nc1)N1CCOCC1. The van der Waals surface area contributed by atoms with Crippen molar-refractivity contribution in [3.8, 4) is 5.75 Å². The van der Waals surface area contributed by atoms with Gasteiger partial charge in [-0.05, 0) is 12.1 Å². The van der Waals surface area contributed by atoms with E-state index in [9.17, 15) is 4.79 Å². The van der Waals surface area contributed by atoms with Gasteiger partial charge in [-0.25, -0.2) is 4.98 Å². The number of aromatic nitrogens is 1. The first kappa shape index (κ1) is 12.1. The Bertz CT molecular complexity index is 377. The molecule has 1 aliphatic rings. The molecule has 0 bridgehead atoms. The molecule has 0 aromatic carbocycles. The third-order valence-corrected chi connectivity index (χ3v) is 2.65. The van der Waals surface area contributed by atoms with Gasteiger partial charge < -0.3 is 14.4 Å². The molecule has 5 nitrogen and oxygen atoms in total. The van der Waals surface area contributed by atoms with E-state index in [1.165, 1.54) is 6.20 Å². The van der Waals surface area contributed by atoms with Crippen LogP contribution in [0, 0.1) is 0 Å². The van der Waals surface area contributed by atoms with Crippen LogP contribution >= 0.6 is 11.6 Å². The van der Waals surface area contributed by atoms with Crippen LogP contribution in [0.4, 0.5) is 0 Å². The number of morpholine rings is 1. The van der Waals surface area contributed by atoms with E-state index in [0.717, 1.165) is 0 Å². The predicted molar refractivity (Wildman–Crippen MR) is 62.1 cm³/mol. The predicted octanol–water partition coefficient (Wildman–Crippen LogP) is 0.973. The van der Waals surface area contributed by atoms with Gasteiger partial charge in [-0.2, -0.15) is 0 Å². The highest BCUT2D eigenvalue weighted by atomic mass is 35.5. The van der Waals surface area contributed by atoms with Crippen LogP contribution in [0.5, 0.6) is 5.75 Å². The van der Waals surface area contributed by atoms with Crippen LogP contribution < -0.4 is 4.74 Å². The number of nitrogens with zero attached hydrogens (tertiary/aromatic N) is 2. The molecular weight excluding hydrogens is 244 g/mol. The second-order valence-electron chi connectivity index (χ2n) is 3.60. The van der Waals surface area contributed by atoms with E-state index in [4.69, 9.17) is 21.1 Å². The fourth-order valence-corrected chi connectivity index (χ4v) is 1.61. The third-order valence-electron chi connectivity index (χ3n) is 2.43. The van der Waals surface area contributed by atoms with E-state index in [-0.39, 0.29) is 12.5 Å². The van der Waals surface area contributed by atoms with E-state index >= 15 is 0 Å². The van der Waals surface area contributed by atoms with Gasteiger partial charge in [-0.3, -0.25) is 4.79 Å². The zero-order chi connectivity index (χ0) is 12.1. The Morgan fingerprint density at radius 3 is 2.88 bits per heavy atom. The van der Waals surface area contributed by atoms with Gasteiger partial charge >= 0.3 is 0 Å². The van der Waals surface area contributed by atoms with Crippen molar-refractivity contribution in [2.45, 2.75) is 0 Å². The molecule has 6 heteroatoms. The van der Waals surface area contributed by atoms with Crippen LogP contribution in [0.3, 0.4) is 0 Å². The average Bonchev–Trinajstić information content (AvgIpc) is 2.39. The fourth-order valence-electron chi connectivity index (χ4n) is 1.50. The molecular formula is C11H13ClN2O3. The smallest absolute Gasteiger partial charge is 0.260 e. The summed E-state index contributed by atoms with van der Waals surface area (Å²) in [5.74, 6) is 0.499. The fraction of sp³-hybridized carbons (Fsp3) is 0.455. The minimum atomic E-state index is -0.0387. The van der Waals surface area contributed by atoms with E-state index in [1.807, 2.05) is 0 Å². The number of hydrogen-bond acceptors (Lipinski definition) is 4.